The Morgan fingerprint density at radius 2 is 1.83 bits per heavy atom. The maximum absolute atomic E-state index is 13.6. The third-order valence-corrected chi connectivity index (χ3v) is 5.86. The van der Waals surface area contributed by atoms with Crippen LogP contribution >= 0.6 is 11.6 Å². The molecule has 0 aliphatic rings. The van der Waals surface area contributed by atoms with Crippen molar-refractivity contribution in [3.8, 4) is 5.75 Å². The number of alkyl halides is 2. The molecular weight excluding hydrogens is 474 g/mol. The minimum absolute atomic E-state index is 0.0463. The lowest BCUT2D eigenvalue weighted by Crippen LogP contribution is -2.26. The fourth-order valence-electron chi connectivity index (χ4n) is 3.35. The maximum Gasteiger partial charge on any atom is 0.270 e. The van der Waals surface area contributed by atoms with Crippen molar-refractivity contribution in [1.29, 1.82) is 0 Å². The van der Waals surface area contributed by atoms with Crippen LogP contribution in [0.4, 0.5) is 8.78 Å². The minimum atomic E-state index is -3.00. The number of rotatable bonds is 10. The molecule has 5 nitrogen and oxygen atoms in total. The Labute approximate surface area is 207 Å². The van der Waals surface area contributed by atoms with Crippen molar-refractivity contribution in [2.24, 2.45) is 11.7 Å². The number of ketones is 1. The molecule has 0 radical (unpaired) electrons. The van der Waals surface area contributed by atoms with Gasteiger partial charge in [-0.2, -0.15) is 0 Å². The Hall–Kier alpha value is -3.58. The highest BCUT2D eigenvalue weighted by Crippen LogP contribution is 2.33. The lowest BCUT2D eigenvalue weighted by molar-refractivity contribution is -0.122. The van der Waals surface area contributed by atoms with E-state index >= 15 is 0 Å². The summed E-state index contributed by atoms with van der Waals surface area (Å²) >= 11 is 6.27. The van der Waals surface area contributed by atoms with Crippen LogP contribution in [0.15, 0.2) is 67.4 Å². The summed E-state index contributed by atoms with van der Waals surface area (Å²) < 4.78 is 33.1. The molecule has 35 heavy (non-hydrogen) atoms. The zero-order valence-electron chi connectivity index (χ0n) is 19.4. The highest BCUT2D eigenvalue weighted by atomic mass is 35.5. The SMILES string of the molecule is C=C(C(=O)c1cccc(Cc2ncccc2Cl)c1OC[C@@H](C)C(N)=O)c1ccc(C(C)(F)F)cc1. The van der Waals surface area contributed by atoms with Crippen molar-refractivity contribution >= 4 is 28.9 Å². The van der Waals surface area contributed by atoms with Crippen molar-refractivity contribution < 1.29 is 23.1 Å². The third-order valence-electron chi connectivity index (χ3n) is 5.51. The molecule has 3 aromatic rings. The number of para-hydroxylation sites is 1. The molecule has 0 aliphatic heterocycles. The summed E-state index contributed by atoms with van der Waals surface area (Å²) in [6, 6.07) is 13.8. The molecule has 1 amide bonds. The Kier molecular flexibility index (Phi) is 8.02. The van der Waals surface area contributed by atoms with Crippen molar-refractivity contribution in [3.05, 3.63) is 100 Å². The summed E-state index contributed by atoms with van der Waals surface area (Å²) in [7, 11) is 0. The molecule has 0 bridgehead atoms. The van der Waals surface area contributed by atoms with E-state index in [0.29, 0.717) is 21.8 Å². The molecule has 1 atom stereocenters. The number of carbonyl (C=O) groups is 2. The van der Waals surface area contributed by atoms with E-state index in [1.165, 1.54) is 24.3 Å². The van der Waals surface area contributed by atoms with Gasteiger partial charge >= 0.3 is 0 Å². The Morgan fingerprint density at radius 1 is 1.14 bits per heavy atom. The zero-order chi connectivity index (χ0) is 25.8. The zero-order valence-corrected chi connectivity index (χ0v) is 20.1. The van der Waals surface area contributed by atoms with Gasteiger partial charge in [-0.05, 0) is 23.8 Å². The number of carbonyl (C=O) groups excluding carboxylic acids is 2. The number of halogens is 3. The molecule has 0 unspecified atom stereocenters. The van der Waals surface area contributed by atoms with Crippen LogP contribution in [0.3, 0.4) is 0 Å². The van der Waals surface area contributed by atoms with Crippen molar-refractivity contribution in [3.63, 3.8) is 0 Å². The Balaban J connectivity index is 1.99. The topological polar surface area (TPSA) is 82.3 Å². The highest BCUT2D eigenvalue weighted by Gasteiger charge is 2.25. The summed E-state index contributed by atoms with van der Waals surface area (Å²) in [4.78, 5) is 29.3. The van der Waals surface area contributed by atoms with Crippen LogP contribution in [-0.4, -0.2) is 23.3 Å². The number of aromatic nitrogens is 1. The standard InChI is InChI=1S/C27H25ClF2N2O3/c1-16(26(31)34)15-35-25-19(14-23-22(28)8-5-13-32-23)6-4-7-21(25)24(33)17(2)18-9-11-20(12-10-18)27(3,29)30/h4-13,16H,2,14-15H2,1,3H3,(H2,31,34)/t16-/m1/s1. The summed E-state index contributed by atoms with van der Waals surface area (Å²) in [6.07, 6.45) is 1.88. The largest absolute Gasteiger partial charge is 0.492 e. The first kappa shape index (κ1) is 26.0. The lowest BCUT2D eigenvalue weighted by atomic mass is 9.94. The number of nitrogens with zero attached hydrogens (tertiary/aromatic N) is 1. The van der Waals surface area contributed by atoms with E-state index in [4.69, 9.17) is 22.1 Å². The first-order chi connectivity index (χ1) is 16.5. The average Bonchev–Trinajstić information content (AvgIpc) is 2.82. The number of allylic oxidation sites excluding steroid dienone is 1. The van der Waals surface area contributed by atoms with E-state index in [9.17, 15) is 18.4 Å². The number of primary amides is 1. The van der Waals surface area contributed by atoms with Gasteiger partial charge in [-0.25, -0.2) is 8.78 Å². The number of pyridine rings is 1. The van der Waals surface area contributed by atoms with Gasteiger partial charge in [0.1, 0.15) is 5.75 Å². The molecule has 2 N–H and O–H groups in total. The summed E-state index contributed by atoms with van der Waals surface area (Å²) in [5.74, 6) is -4.33. The van der Waals surface area contributed by atoms with Crippen LogP contribution in [0.1, 0.15) is 46.6 Å². The van der Waals surface area contributed by atoms with Gasteiger partial charge in [-0.15, -0.1) is 0 Å². The van der Waals surface area contributed by atoms with Gasteiger partial charge in [0, 0.05) is 36.2 Å². The van der Waals surface area contributed by atoms with Gasteiger partial charge in [0.05, 0.1) is 28.8 Å². The molecule has 1 heterocycles. The molecular formula is C27H25ClF2N2O3. The monoisotopic (exact) mass is 498 g/mol. The van der Waals surface area contributed by atoms with Gasteiger partial charge < -0.3 is 10.5 Å². The van der Waals surface area contributed by atoms with E-state index in [-0.39, 0.29) is 35.5 Å². The first-order valence-electron chi connectivity index (χ1n) is 10.8. The quantitative estimate of drug-likeness (QED) is 0.281. The summed E-state index contributed by atoms with van der Waals surface area (Å²) in [5, 5.41) is 0.456. The number of nitrogens with two attached hydrogens (primary N) is 1. The van der Waals surface area contributed by atoms with Gasteiger partial charge in [-0.3, -0.25) is 14.6 Å². The van der Waals surface area contributed by atoms with Gasteiger partial charge in [0.2, 0.25) is 5.91 Å². The van der Waals surface area contributed by atoms with Crippen LogP contribution in [0.2, 0.25) is 5.02 Å². The summed E-state index contributed by atoms with van der Waals surface area (Å²) in [5.41, 5.74) is 7.13. The average molecular weight is 499 g/mol. The number of amides is 1. The second-order valence-electron chi connectivity index (χ2n) is 8.29. The molecule has 0 saturated heterocycles. The molecule has 3 rings (SSSR count). The maximum atomic E-state index is 13.6. The first-order valence-corrected chi connectivity index (χ1v) is 11.2. The molecule has 2 aromatic carbocycles. The van der Waals surface area contributed by atoms with Gasteiger partial charge in [0.15, 0.2) is 5.78 Å². The number of ether oxygens (including phenoxy) is 1. The fraction of sp³-hybridized carbons (Fsp3) is 0.222. The minimum Gasteiger partial charge on any atom is -0.492 e. The van der Waals surface area contributed by atoms with E-state index in [0.717, 1.165) is 6.92 Å². The van der Waals surface area contributed by atoms with Crippen molar-refractivity contribution in [2.45, 2.75) is 26.2 Å². The predicted molar refractivity (Wildman–Crippen MR) is 132 cm³/mol. The number of benzene rings is 2. The molecule has 182 valence electrons. The van der Waals surface area contributed by atoms with Crippen LogP contribution in [0.5, 0.6) is 5.75 Å². The van der Waals surface area contributed by atoms with Crippen LogP contribution in [0, 0.1) is 5.92 Å². The van der Waals surface area contributed by atoms with Gasteiger partial charge in [-0.1, -0.05) is 61.5 Å². The number of Topliss-reactive ketones (excluding diaryl/α,β-unsaturated/α-hetero) is 1. The Bertz CT molecular complexity index is 1250. The van der Waals surface area contributed by atoms with E-state index in [1.54, 1.807) is 43.5 Å². The van der Waals surface area contributed by atoms with E-state index < -0.39 is 23.5 Å². The second-order valence-corrected chi connectivity index (χ2v) is 8.70. The Morgan fingerprint density at radius 3 is 2.43 bits per heavy atom. The number of hydrogen-bond donors (Lipinski definition) is 1. The molecule has 8 heteroatoms. The van der Waals surface area contributed by atoms with Crippen LogP contribution in [0.25, 0.3) is 5.57 Å². The van der Waals surface area contributed by atoms with Crippen molar-refractivity contribution in [2.75, 3.05) is 6.61 Å². The molecule has 0 fully saturated rings. The van der Waals surface area contributed by atoms with E-state index in [2.05, 4.69) is 11.6 Å². The predicted octanol–water partition coefficient (Wildman–Crippen LogP) is 5.83. The second kappa shape index (κ2) is 10.8. The smallest absolute Gasteiger partial charge is 0.270 e. The number of hydrogen-bond acceptors (Lipinski definition) is 4. The molecule has 0 aliphatic carbocycles. The highest BCUT2D eigenvalue weighted by molar-refractivity contribution is 6.31. The molecule has 0 spiro atoms. The molecule has 0 saturated carbocycles. The fourth-order valence-corrected chi connectivity index (χ4v) is 3.54. The van der Waals surface area contributed by atoms with E-state index in [1.807, 2.05) is 0 Å². The van der Waals surface area contributed by atoms with Crippen molar-refractivity contribution in [1.82, 2.24) is 4.98 Å². The third kappa shape index (κ3) is 6.31. The van der Waals surface area contributed by atoms with Crippen LogP contribution in [-0.2, 0) is 17.1 Å². The van der Waals surface area contributed by atoms with Crippen LogP contribution < -0.4 is 10.5 Å². The normalized spacial score (nSPS) is 12.1. The summed E-state index contributed by atoms with van der Waals surface area (Å²) in [6.45, 7) is 6.26. The lowest BCUT2D eigenvalue weighted by Gasteiger charge is -2.18. The molecule has 1 aromatic heterocycles. The van der Waals surface area contributed by atoms with Gasteiger partial charge in [0.25, 0.3) is 5.92 Å².